The van der Waals surface area contributed by atoms with Crippen LogP contribution >= 0.6 is 11.6 Å². The molecular formula is C21H18ClNO3. The highest BCUT2D eigenvalue weighted by Crippen LogP contribution is 2.35. The normalized spacial score (nSPS) is 15.8. The van der Waals surface area contributed by atoms with Crippen LogP contribution in [0.2, 0.25) is 5.02 Å². The number of anilines is 1. The van der Waals surface area contributed by atoms with E-state index in [2.05, 4.69) is 0 Å². The average molecular weight is 368 g/mol. The van der Waals surface area contributed by atoms with E-state index in [1.54, 1.807) is 31.2 Å². The van der Waals surface area contributed by atoms with Gasteiger partial charge < -0.3 is 4.74 Å². The number of nitrogens with zero attached hydrogens (tertiary/aromatic N) is 1. The molecule has 0 aliphatic carbocycles. The topological polar surface area (TPSA) is 46.6 Å². The number of hydrogen-bond acceptors (Lipinski definition) is 3. The minimum Gasteiger partial charge on any atom is -0.465 e. The van der Waals surface area contributed by atoms with Crippen LogP contribution in [0.3, 0.4) is 0 Å². The van der Waals surface area contributed by atoms with Gasteiger partial charge in [-0.2, -0.15) is 0 Å². The number of hydrogen-bond donors (Lipinski definition) is 0. The molecule has 2 aromatic carbocycles. The van der Waals surface area contributed by atoms with Gasteiger partial charge in [-0.15, -0.1) is 0 Å². The number of amides is 1. The highest BCUT2D eigenvalue weighted by atomic mass is 35.5. The number of halogens is 1. The molecule has 0 bridgehead atoms. The Bertz CT molecular complexity index is 942. The molecule has 3 rings (SSSR count). The van der Waals surface area contributed by atoms with Crippen molar-refractivity contribution in [2.75, 3.05) is 12.0 Å². The highest BCUT2D eigenvalue weighted by molar-refractivity contribution is 6.30. The number of methoxy groups -OCH3 is 1. The zero-order valence-corrected chi connectivity index (χ0v) is 15.5. The smallest absolute Gasteiger partial charge is 0.340 e. The third kappa shape index (κ3) is 3.28. The quantitative estimate of drug-likeness (QED) is 0.591. The summed E-state index contributed by atoms with van der Waals surface area (Å²) < 4.78 is 4.91. The van der Waals surface area contributed by atoms with Gasteiger partial charge in [-0.3, -0.25) is 9.69 Å². The predicted molar refractivity (Wildman–Crippen MR) is 103 cm³/mol. The Kier molecular flexibility index (Phi) is 4.96. The van der Waals surface area contributed by atoms with Crippen molar-refractivity contribution in [3.8, 4) is 0 Å². The standard InChI is InChI=1S/C21H18ClNO3/c1-13-7-9-17(10-8-13)23-14(2)19(21(25)26-3)18(20(23)24)12-15-5-4-6-16(22)11-15/h4-12H,1-3H3/b18-12-. The van der Waals surface area contributed by atoms with Gasteiger partial charge in [0.05, 0.1) is 18.3 Å². The van der Waals surface area contributed by atoms with E-state index in [0.29, 0.717) is 16.4 Å². The molecule has 0 fully saturated rings. The van der Waals surface area contributed by atoms with Crippen molar-refractivity contribution >= 4 is 35.2 Å². The lowest BCUT2D eigenvalue weighted by atomic mass is 10.0. The van der Waals surface area contributed by atoms with Gasteiger partial charge in [-0.25, -0.2) is 4.79 Å². The maximum absolute atomic E-state index is 13.1. The predicted octanol–water partition coefficient (Wildman–Crippen LogP) is 4.53. The number of esters is 1. The van der Waals surface area contributed by atoms with Gasteiger partial charge in [0.15, 0.2) is 0 Å². The molecule has 0 atom stereocenters. The first-order valence-corrected chi connectivity index (χ1v) is 8.48. The van der Waals surface area contributed by atoms with Crippen LogP contribution in [0.5, 0.6) is 0 Å². The van der Waals surface area contributed by atoms with Crippen molar-refractivity contribution in [2.24, 2.45) is 0 Å². The lowest BCUT2D eigenvalue weighted by Crippen LogP contribution is -2.24. The highest BCUT2D eigenvalue weighted by Gasteiger charge is 2.37. The van der Waals surface area contributed by atoms with Crippen LogP contribution < -0.4 is 4.90 Å². The van der Waals surface area contributed by atoms with Crippen molar-refractivity contribution in [3.05, 3.63) is 81.5 Å². The van der Waals surface area contributed by atoms with E-state index in [1.165, 1.54) is 12.0 Å². The first kappa shape index (κ1) is 18.0. The molecule has 1 heterocycles. The molecule has 0 spiro atoms. The molecule has 1 aliphatic heterocycles. The fourth-order valence-corrected chi connectivity index (χ4v) is 3.15. The molecule has 5 heteroatoms. The van der Waals surface area contributed by atoms with Crippen LogP contribution in [0.4, 0.5) is 5.69 Å². The number of carbonyl (C=O) groups excluding carboxylic acids is 2. The first-order chi connectivity index (χ1) is 12.4. The number of ether oxygens (including phenoxy) is 1. The van der Waals surface area contributed by atoms with Crippen molar-refractivity contribution in [1.82, 2.24) is 0 Å². The summed E-state index contributed by atoms with van der Waals surface area (Å²) in [5.41, 5.74) is 3.62. The summed E-state index contributed by atoms with van der Waals surface area (Å²) in [5.74, 6) is -0.814. The number of benzene rings is 2. The van der Waals surface area contributed by atoms with E-state index in [9.17, 15) is 9.59 Å². The van der Waals surface area contributed by atoms with Gasteiger partial charge in [-0.05, 0) is 49.8 Å². The van der Waals surface area contributed by atoms with Crippen LogP contribution in [0, 0.1) is 6.92 Å². The average Bonchev–Trinajstić information content (AvgIpc) is 2.86. The van der Waals surface area contributed by atoms with Crippen molar-refractivity contribution in [2.45, 2.75) is 13.8 Å². The molecule has 1 amide bonds. The minimum absolute atomic E-state index is 0.262. The summed E-state index contributed by atoms with van der Waals surface area (Å²) in [6.07, 6.45) is 1.66. The van der Waals surface area contributed by atoms with E-state index in [0.717, 1.165) is 11.1 Å². The molecule has 132 valence electrons. The largest absolute Gasteiger partial charge is 0.465 e. The third-order valence-electron chi connectivity index (χ3n) is 4.24. The summed E-state index contributed by atoms with van der Waals surface area (Å²) >= 11 is 6.03. The Morgan fingerprint density at radius 2 is 1.81 bits per heavy atom. The maximum atomic E-state index is 13.1. The first-order valence-electron chi connectivity index (χ1n) is 8.10. The van der Waals surface area contributed by atoms with Crippen molar-refractivity contribution in [1.29, 1.82) is 0 Å². The lowest BCUT2D eigenvalue weighted by molar-refractivity contribution is -0.136. The number of carbonyl (C=O) groups is 2. The molecule has 0 saturated carbocycles. The van der Waals surface area contributed by atoms with E-state index in [1.807, 2.05) is 37.3 Å². The van der Waals surface area contributed by atoms with Gasteiger partial charge in [0.2, 0.25) is 0 Å². The molecule has 0 aromatic heterocycles. The Balaban J connectivity index is 2.13. The Hall–Kier alpha value is -2.85. The molecule has 0 N–H and O–H groups in total. The molecule has 0 saturated heterocycles. The van der Waals surface area contributed by atoms with E-state index in [4.69, 9.17) is 16.3 Å². The molecular weight excluding hydrogens is 350 g/mol. The third-order valence-corrected chi connectivity index (χ3v) is 4.48. The summed E-state index contributed by atoms with van der Waals surface area (Å²) in [5, 5.41) is 0.556. The van der Waals surface area contributed by atoms with Crippen LogP contribution in [0.1, 0.15) is 18.1 Å². The number of aryl methyl sites for hydroxylation is 1. The van der Waals surface area contributed by atoms with Crippen molar-refractivity contribution < 1.29 is 14.3 Å². The van der Waals surface area contributed by atoms with Crippen LogP contribution in [0.25, 0.3) is 6.08 Å². The zero-order chi connectivity index (χ0) is 18.8. The fraction of sp³-hybridized carbons (Fsp3) is 0.143. The lowest BCUT2D eigenvalue weighted by Gasteiger charge is -2.18. The molecule has 0 unspecified atom stereocenters. The molecule has 26 heavy (non-hydrogen) atoms. The Labute approximate surface area is 157 Å². The summed E-state index contributed by atoms with van der Waals surface area (Å²) in [6.45, 7) is 3.71. The van der Waals surface area contributed by atoms with Gasteiger partial charge in [0.25, 0.3) is 5.91 Å². The van der Waals surface area contributed by atoms with E-state index < -0.39 is 5.97 Å². The van der Waals surface area contributed by atoms with Gasteiger partial charge in [0, 0.05) is 16.4 Å². The summed E-state index contributed by atoms with van der Waals surface area (Å²) in [6, 6.07) is 14.7. The Morgan fingerprint density at radius 3 is 2.42 bits per heavy atom. The Morgan fingerprint density at radius 1 is 1.12 bits per heavy atom. The van der Waals surface area contributed by atoms with Crippen LogP contribution in [-0.2, 0) is 14.3 Å². The molecule has 4 nitrogen and oxygen atoms in total. The van der Waals surface area contributed by atoms with Gasteiger partial charge in [-0.1, -0.05) is 41.4 Å². The van der Waals surface area contributed by atoms with E-state index >= 15 is 0 Å². The second-order valence-corrected chi connectivity index (χ2v) is 6.48. The minimum atomic E-state index is -0.543. The monoisotopic (exact) mass is 367 g/mol. The molecule has 2 aromatic rings. The summed E-state index contributed by atoms with van der Waals surface area (Å²) in [7, 11) is 1.30. The molecule has 1 aliphatic rings. The second-order valence-electron chi connectivity index (χ2n) is 6.04. The number of allylic oxidation sites excluding steroid dienone is 1. The van der Waals surface area contributed by atoms with Crippen LogP contribution in [0.15, 0.2) is 65.4 Å². The fourth-order valence-electron chi connectivity index (χ4n) is 2.95. The number of rotatable bonds is 3. The van der Waals surface area contributed by atoms with Crippen LogP contribution in [-0.4, -0.2) is 19.0 Å². The van der Waals surface area contributed by atoms with E-state index in [-0.39, 0.29) is 17.1 Å². The van der Waals surface area contributed by atoms with Crippen molar-refractivity contribution in [3.63, 3.8) is 0 Å². The maximum Gasteiger partial charge on any atom is 0.340 e. The second kappa shape index (κ2) is 7.18. The SMILES string of the molecule is COC(=O)C1=C(C)N(c2ccc(C)cc2)C(=O)/C1=C\c1cccc(Cl)c1. The zero-order valence-electron chi connectivity index (χ0n) is 14.7. The van der Waals surface area contributed by atoms with Gasteiger partial charge >= 0.3 is 5.97 Å². The van der Waals surface area contributed by atoms with Gasteiger partial charge in [0.1, 0.15) is 0 Å². The summed E-state index contributed by atoms with van der Waals surface area (Å²) in [4.78, 5) is 27.0. The molecule has 0 radical (unpaired) electrons.